The second-order valence-electron chi connectivity index (χ2n) is 5.69. The first kappa shape index (κ1) is 15.5. The molecule has 0 radical (unpaired) electrons. The van der Waals surface area contributed by atoms with E-state index < -0.39 is 10.0 Å². The molecule has 7 heteroatoms. The monoisotopic (exact) mass is 300 g/mol. The molecule has 1 aromatic rings. The minimum Gasteiger partial charge on any atom is -0.363 e. The molecule has 20 heavy (non-hydrogen) atoms. The predicted molar refractivity (Wildman–Crippen MR) is 79.0 cm³/mol. The number of aromatic amines is 1. The molecular formula is C13H24N4O2S. The van der Waals surface area contributed by atoms with Gasteiger partial charge in [0.15, 0.2) is 0 Å². The van der Waals surface area contributed by atoms with Gasteiger partial charge in [0.05, 0.1) is 4.90 Å². The summed E-state index contributed by atoms with van der Waals surface area (Å²) in [6.07, 6.45) is 4.79. The van der Waals surface area contributed by atoms with E-state index in [0.29, 0.717) is 18.0 Å². The molecule has 0 saturated heterocycles. The Kier molecular flexibility index (Phi) is 4.53. The van der Waals surface area contributed by atoms with Gasteiger partial charge in [-0.25, -0.2) is 13.1 Å². The Hall–Kier alpha value is -0.890. The normalized spacial score (nSPS) is 18.2. The van der Waals surface area contributed by atoms with Crippen LogP contribution in [0.1, 0.15) is 25.0 Å². The van der Waals surface area contributed by atoms with Crippen molar-refractivity contribution in [2.45, 2.75) is 36.2 Å². The van der Waals surface area contributed by atoms with Crippen LogP contribution in [-0.2, 0) is 16.6 Å². The highest BCUT2D eigenvalue weighted by Crippen LogP contribution is 2.35. The second kappa shape index (κ2) is 5.85. The van der Waals surface area contributed by atoms with Crippen LogP contribution in [-0.4, -0.2) is 51.5 Å². The largest absolute Gasteiger partial charge is 0.363 e. The van der Waals surface area contributed by atoms with E-state index in [1.807, 2.05) is 21.1 Å². The molecule has 114 valence electrons. The smallest absolute Gasteiger partial charge is 0.242 e. The highest BCUT2D eigenvalue weighted by atomic mass is 32.2. The molecule has 0 unspecified atom stereocenters. The number of H-pyrrole nitrogens is 1. The van der Waals surface area contributed by atoms with Crippen LogP contribution >= 0.6 is 0 Å². The van der Waals surface area contributed by atoms with Gasteiger partial charge < -0.3 is 15.2 Å². The van der Waals surface area contributed by atoms with Gasteiger partial charge in [-0.3, -0.25) is 0 Å². The van der Waals surface area contributed by atoms with E-state index in [0.717, 1.165) is 25.0 Å². The summed E-state index contributed by atoms with van der Waals surface area (Å²) < 4.78 is 27.3. The van der Waals surface area contributed by atoms with Crippen LogP contribution in [0, 0.1) is 0 Å². The minimum atomic E-state index is -3.44. The highest BCUT2D eigenvalue weighted by molar-refractivity contribution is 7.89. The fourth-order valence-corrected chi connectivity index (χ4v) is 3.68. The van der Waals surface area contributed by atoms with Crippen molar-refractivity contribution >= 4 is 10.0 Å². The van der Waals surface area contributed by atoms with E-state index in [1.165, 1.54) is 6.20 Å². The lowest BCUT2D eigenvalue weighted by Crippen LogP contribution is -2.57. The van der Waals surface area contributed by atoms with Crippen LogP contribution in [0.5, 0.6) is 0 Å². The van der Waals surface area contributed by atoms with Crippen LogP contribution in [0.3, 0.4) is 0 Å². The van der Waals surface area contributed by atoms with Gasteiger partial charge in [-0.15, -0.1) is 0 Å². The third-order valence-electron chi connectivity index (χ3n) is 4.22. The Balaban J connectivity index is 2.03. The lowest BCUT2D eigenvalue weighted by Gasteiger charge is -2.47. The van der Waals surface area contributed by atoms with Gasteiger partial charge in [-0.2, -0.15) is 0 Å². The maximum Gasteiger partial charge on any atom is 0.242 e. The van der Waals surface area contributed by atoms with Crippen LogP contribution in [0.25, 0.3) is 0 Å². The van der Waals surface area contributed by atoms with Crippen molar-refractivity contribution in [1.82, 2.24) is 19.9 Å². The molecule has 0 spiro atoms. The summed E-state index contributed by atoms with van der Waals surface area (Å²) in [5.74, 6) is 0. The van der Waals surface area contributed by atoms with E-state index in [4.69, 9.17) is 0 Å². The summed E-state index contributed by atoms with van der Waals surface area (Å²) in [5.41, 5.74) is 0.843. The minimum absolute atomic E-state index is 0.0167. The van der Waals surface area contributed by atoms with Crippen LogP contribution in [0.4, 0.5) is 0 Å². The zero-order valence-corrected chi connectivity index (χ0v) is 13.2. The predicted octanol–water partition coefficient (Wildman–Crippen LogP) is 0.497. The number of rotatable bonds is 7. The van der Waals surface area contributed by atoms with Gasteiger partial charge in [-0.05, 0) is 46.5 Å². The fraction of sp³-hybridized carbons (Fsp3) is 0.692. The molecule has 0 bridgehead atoms. The first-order valence-electron chi connectivity index (χ1n) is 6.89. The van der Waals surface area contributed by atoms with Crippen LogP contribution in [0.15, 0.2) is 17.2 Å². The quantitative estimate of drug-likeness (QED) is 0.685. The number of aromatic nitrogens is 1. The number of nitrogens with zero attached hydrogens (tertiary/aromatic N) is 1. The number of likely N-dealkylation sites (N-methyl/N-ethyl adjacent to an activating group) is 1. The van der Waals surface area contributed by atoms with Crippen molar-refractivity contribution < 1.29 is 8.42 Å². The molecule has 1 aliphatic carbocycles. The molecule has 2 rings (SSSR count). The average molecular weight is 300 g/mol. The fourth-order valence-electron chi connectivity index (χ4n) is 2.55. The summed E-state index contributed by atoms with van der Waals surface area (Å²) >= 11 is 0. The van der Waals surface area contributed by atoms with Crippen molar-refractivity contribution in [2.24, 2.45) is 0 Å². The first-order chi connectivity index (χ1) is 9.39. The Bertz CT molecular complexity index is 546. The van der Waals surface area contributed by atoms with E-state index in [2.05, 4.69) is 19.9 Å². The SMILES string of the molecule is CNCc1cc(S(=O)(=O)NCC2(N(C)C)CCC2)c[nH]1. The standard InChI is InChI=1S/C13H24N4O2S/c1-14-8-11-7-12(9-15-11)20(18,19)16-10-13(17(2)3)5-4-6-13/h7,9,14-16H,4-6,8,10H2,1-3H3. The zero-order chi connectivity index (χ0) is 14.8. The topological polar surface area (TPSA) is 77.2 Å². The van der Waals surface area contributed by atoms with E-state index >= 15 is 0 Å². The van der Waals surface area contributed by atoms with Gasteiger partial charge in [0.25, 0.3) is 0 Å². The Morgan fingerprint density at radius 1 is 1.40 bits per heavy atom. The van der Waals surface area contributed by atoms with E-state index in [-0.39, 0.29) is 5.54 Å². The van der Waals surface area contributed by atoms with Gasteiger partial charge in [0, 0.05) is 30.5 Å². The number of nitrogens with one attached hydrogen (secondary N) is 3. The van der Waals surface area contributed by atoms with Gasteiger partial charge in [0.1, 0.15) is 0 Å². The van der Waals surface area contributed by atoms with Gasteiger partial charge in [0.2, 0.25) is 10.0 Å². The maximum absolute atomic E-state index is 12.3. The molecule has 0 aliphatic heterocycles. The average Bonchev–Trinajstić information content (AvgIpc) is 2.76. The highest BCUT2D eigenvalue weighted by Gasteiger charge is 2.39. The van der Waals surface area contributed by atoms with Crippen molar-refractivity contribution in [1.29, 1.82) is 0 Å². The number of hydrogen-bond acceptors (Lipinski definition) is 4. The lowest BCUT2D eigenvalue weighted by molar-refractivity contribution is 0.0657. The molecule has 3 N–H and O–H groups in total. The molecular weight excluding hydrogens is 276 g/mol. The number of hydrogen-bond donors (Lipinski definition) is 3. The third kappa shape index (κ3) is 3.06. The van der Waals surface area contributed by atoms with Crippen LogP contribution in [0.2, 0.25) is 0 Å². The van der Waals surface area contributed by atoms with Crippen LogP contribution < -0.4 is 10.0 Å². The molecule has 0 amide bonds. The molecule has 1 aliphatic rings. The summed E-state index contributed by atoms with van der Waals surface area (Å²) in [6, 6.07) is 1.67. The lowest BCUT2D eigenvalue weighted by atomic mass is 9.76. The number of sulfonamides is 1. The van der Waals surface area contributed by atoms with E-state index in [9.17, 15) is 8.42 Å². The summed E-state index contributed by atoms with van der Waals surface area (Å²) in [4.78, 5) is 5.40. The zero-order valence-electron chi connectivity index (χ0n) is 12.4. The summed E-state index contributed by atoms with van der Waals surface area (Å²) in [6.45, 7) is 1.09. The first-order valence-corrected chi connectivity index (χ1v) is 8.37. The molecule has 6 nitrogen and oxygen atoms in total. The molecule has 1 fully saturated rings. The Morgan fingerprint density at radius 2 is 2.10 bits per heavy atom. The third-order valence-corrected chi connectivity index (χ3v) is 5.60. The molecule has 1 saturated carbocycles. The van der Waals surface area contributed by atoms with Gasteiger partial charge in [-0.1, -0.05) is 0 Å². The van der Waals surface area contributed by atoms with Crippen molar-refractivity contribution in [3.05, 3.63) is 18.0 Å². The Labute approximate surface area is 121 Å². The maximum atomic E-state index is 12.3. The molecule has 0 atom stereocenters. The van der Waals surface area contributed by atoms with Crippen molar-refractivity contribution in [3.63, 3.8) is 0 Å². The van der Waals surface area contributed by atoms with Crippen molar-refractivity contribution in [3.8, 4) is 0 Å². The van der Waals surface area contributed by atoms with Gasteiger partial charge >= 0.3 is 0 Å². The Morgan fingerprint density at radius 3 is 2.60 bits per heavy atom. The molecule has 1 heterocycles. The second-order valence-corrected chi connectivity index (χ2v) is 7.45. The molecule has 1 aromatic heterocycles. The molecule has 0 aromatic carbocycles. The van der Waals surface area contributed by atoms with E-state index in [1.54, 1.807) is 6.07 Å². The summed E-state index contributed by atoms with van der Waals surface area (Å²) in [7, 11) is 2.41. The summed E-state index contributed by atoms with van der Waals surface area (Å²) in [5, 5.41) is 2.99. The van der Waals surface area contributed by atoms with Crippen molar-refractivity contribution in [2.75, 3.05) is 27.7 Å².